The summed E-state index contributed by atoms with van der Waals surface area (Å²) in [4.78, 5) is 1.92. The summed E-state index contributed by atoms with van der Waals surface area (Å²) in [5.41, 5.74) is 7.41. The van der Waals surface area contributed by atoms with Gasteiger partial charge in [-0.05, 0) is 30.7 Å². The van der Waals surface area contributed by atoms with Crippen LogP contribution in [0.4, 0.5) is 10.1 Å². The van der Waals surface area contributed by atoms with Crippen LogP contribution in [0.25, 0.3) is 0 Å². The Kier molecular flexibility index (Phi) is 5.12. The molecular weight excluding hydrogens is 219 g/mol. The lowest BCUT2D eigenvalue weighted by Gasteiger charge is -2.26. The van der Waals surface area contributed by atoms with Crippen molar-refractivity contribution in [2.75, 3.05) is 24.6 Å². The first-order chi connectivity index (χ1) is 8.10. The topological polar surface area (TPSA) is 49.5 Å². The Morgan fingerprint density at radius 3 is 2.82 bits per heavy atom. The molecule has 17 heavy (non-hydrogen) atoms. The van der Waals surface area contributed by atoms with E-state index in [0.717, 1.165) is 11.3 Å². The van der Waals surface area contributed by atoms with Crippen LogP contribution in [0.15, 0.2) is 30.9 Å². The molecule has 1 atom stereocenters. The molecule has 0 aliphatic carbocycles. The lowest BCUT2D eigenvalue weighted by Crippen LogP contribution is -2.28. The lowest BCUT2D eigenvalue weighted by atomic mass is 10.1. The highest BCUT2D eigenvalue weighted by Crippen LogP contribution is 2.26. The number of benzene rings is 1. The van der Waals surface area contributed by atoms with Crippen LogP contribution in [0.2, 0.25) is 0 Å². The highest BCUT2D eigenvalue weighted by molar-refractivity contribution is 5.55. The Labute approximate surface area is 101 Å². The molecule has 1 aromatic rings. The maximum absolute atomic E-state index is 13.2. The first kappa shape index (κ1) is 13.7. The molecule has 0 saturated carbocycles. The van der Waals surface area contributed by atoms with Crippen molar-refractivity contribution in [3.05, 3.63) is 42.2 Å². The number of nitrogens with two attached hydrogens (primary N) is 1. The highest BCUT2D eigenvalue weighted by Gasteiger charge is 2.13. The van der Waals surface area contributed by atoms with Gasteiger partial charge in [0, 0.05) is 24.8 Å². The van der Waals surface area contributed by atoms with Crippen LogP contribution in [-0.2, 0) is 0 Å². The SMILES string of the molecule is C=CCN(CCO)c1ccc(F)cc1[C@H](C)N. The van der Waals surface area contributed by atoms with Gasteiger partial charge in [0.05, 0.1) is 6.61 Å². The van der Waals surface area contributed by atoms with Gasteiger partial charge >= 0.3 is 0 Å². The van der Waals surface area contributed by atoms with Crippen LogP contribution in [0.3, 0.4) is 0 Å². The largest absolute Gasteiger partial charge is 0.395 e. The quantitative estimate of drug-likeness (QED) is 0.743. The third-order valence-electron chi connectivity index (χ3n) is 2.54. The van der Waals surface area contributed by atoms with Gasteiger partial charge in [-0.2, -0.15) is 0 Å². The van der Waals surface area contributed by atoms with Crippen LogP contribution in [0.1, 0.15) is 18.5 Å². The summed E-state index contributed by atoms with van der Waals surface area (Å²) in [6.07, 6.45) is 1.74. The molecule has 3 nitrogen and oxygen atoms in total. The maximum Gasteiger partial charge on any atom is 0.123 e. The first-order valence-electron chi connectivity index (χ1n) is 5.62. The molecule has 1 rings (SSSR count). The molecule has 0 unspecified atom stereocenters. The molecule has 0 fully saturated rings. The predicted octanol–water partition coefficient (Wildman–Crippen LogP) is 1.83. The third kappa shape index (κ3) is 3.54. The smallest absolute Gasteiger partial charge is 0.123 e. The van der Waals surface area contributed by atoms with Crippen molar-refractivity contribution in [3.63, 3.8) is 0 Å². The summed E-state index contributed by atoms with van der Waals surface area (Å²) in [6, 6.07) is 4.27. The van der Waals surface area contributed by atoms with E-state index in [1.54, 1.807) is 12.1 Å². The normalized spacial score (nSPS) is 12.2. The molecule has 0 heterocycles. The second kappa shape index (κ2) is 6.37. The summed E-state index contributed by atoms with van der Waals surface area (Å²) in [6.45, 7) is 6.57. The van der Waals surface area contributed by atoms with Gasteiger partial charge in [0.25, 0.3) is 0 Å². The van der Waals surface area contributed by atoms with Gasteiger partial charge in [-0.1, -0.05) is 6.08 Å². The lowest BCUT2D eigenvalue weighted by molar-refractivity contribution is 0.303. The summed E-state index contributed by atoms with van der Waals surface area (Å²) < 4.78 is 13.2. The van der Waals surface area contributed by atoms with Gasteiger partial charge in [0.2, 0.25) is 0 Å². The summed E-state index contributed by atoms with van der Waals surface area (Å²) in [7, 11) is 0. The number of aliphatic hydroxyl groups excluding tert-OH is 1. The summed E-state index contributed by atoms with van der Waals surface area (Å²) >= 11 is 0. The van der Waals surface area contributed by atoms with Crippen molar-refractivity contribution >= 4 is 5.69 Å². The molecule has 94 valence electrons. The Morgan fingerprint density at radius 2 is 2.29 bits per heavy atom. The molecule has 0 spiro atoms. The molecular formula is C13H19FN2O. The van der Waals surface area contributed by atoms with Crippen molar-refractivity contribution in [1.82, 2.24) is 0 Å². The Bertz CT molecular complexity index is 380. The fourth-order valence-corrected chi connectivity index (χ4v) is 1.76. The molecule has 1 aromatic carbocycles. The van der Waals surface area contributed by atoms with Gasteiger partial charge in [-0.3, -0.25) is 0 Å². The minimum absolute atomic E-state index is 0.0314. The van der Waals surface area contributed by atoms with Gasteiger partial charge < -0.3 is 15.7 Å². The van der Waals surface area contributed by atoms with Crippen molar-refractivity contribution in [2.24, 2.45) is 5.73 Å². The zero-order valence-corrected chi connectivity index (χ0v) is 10.1. The second-order valence-corrected chi connectivity index (χ2v) is 3.95. The standard InChI is InChI=1S/C13H19FN2O/c1-3-6-16(7-8-17)13-5-4-11(14)9-12(13)10(2)15/h3-5,9-10,17H,1,6-8,15H2,2H3/t10-/m0/s1. The fourth-order valence-electron chi connectivity index (χ4n) is 1.76. The number of halogens is 1. The molecule has 0 radical (unpaired) electrons. The van der Waals surface area contributed by atoms with E-state index in [-0.39, 0.29) is 18.5 Å². The molecule has 4 heteroatoms. The Balaban J connectivity index is 3.11. The van der Waals surface area contributed by atoms with E-state index in [4.69, 9.17) is 10.8 Å². The monoisotopic (exact) mass is 238 g/mol. The fraction of sp³-hybridized carbons (Fsp3) is 0.385. The van der Waals surface area contributed by atoms with Gasteiger partial charge in [0.1, 0.15) is 5.82 Å². The van der Waals surface area contributed by atoms with E-state index in [1.165, 1.54) is 12.1 Å². The first-order valence-corrected chi connectivity index (χ1v) is 5.62. The number of hydrogen-bond acceptors (Lipinski definition) is 3. The van der Waals surface area contributed by atoms with E-state index in [0.29, 0.717) is 13.1 Å². The van der Waals surface area contributed by atoms with Crippen molar-refractivity contribution in [1.29, 1.82) is 0 Å². The molecule has 0 aliphatic rings. The van der Waals surface area contributed by atoms with E-state index in [1.807, 2.05) is 11.8 Å². The number of hydrogen-bond donors (Lipinski definition) is 2. The Morgan fingerprint density at radius 1 is 1.59 bits per heavy atom. The zero-order chi connectivity index (χ0) is 12.8. The van der Waals surface area contributed by atoms with Crippen LogP contribution in [0.5, 0.6) is 0 Å². The second-order valence-electron chi connectivity index (χ2n) is 3.95. The zero-order valence-electron chi connectivity index (χ0n) is 10.1. The number of nitrogens with zero attached hydrogens (tertiary/aromatic N) is 1. The van der Waals surface area contributed by atoms with Crippen LogP contribution in [-0.4, -0.2) is 24.8 Å². The molecule has 0 amide bonds. The molecule has 0 saturated heterocycles. The molecule has 0 aromatic heterocycles. The number of anilines is 1. The van der Waals surface area contributed by atoms with Crippen LogP contribution >= 0.6 is 0 Å². The maximum atomic E-state index is 13.2. The molecule has 3 N–H and O–H groups in total. The summed E-state index contributed by atoms with van der Waals surface area (Å²) in [5.74, 6) is -0.302. The van der Waals surface area contributed by atoms with Crippen molar-refractivity contribution in [3.8, 4) is 0 Å². The van der Waals surface area contributed by atoms with Crippen LogP contribution < -0.4 is 10.6 Å². The number of aliphatic hydroxyl groups is 1. The van der Waals surface area contributed by atoms with Gasteiger partial charge in [-0.25, -0.2) is 4.39 Å². The predicted molar refractivity (Wildman–Crippen MR) is 68.5 cm³/mol. The van der Waals surface area contributed by atoms with Crippen molar-refractivity contribution in [2.45, 2.75) is 13.0 Å². The average Bonchev–Trinajstić information content (AvgIpc) is 2.28. The van der Waals surface area contributed by atoms with Gasteiger partial charge in [-0.15, -0.1) is 6.58 Å². The van der Waals surface area contributed by atoms with Crippen molar-refractivity contribution < 1.29 is 9.50 Å². The Hall–Kier alpha value is -1.39. The highest BCUT2D eigenvalue weighted by atomic mass is 19.1. The minimum Gasteiger partial charge on any atom is -0.395 e. The summed E-state index contributed by atoms with van der Waals surface area (Å²) in [5, 5.41) is 9.03. The molecule has 0 bridgehead atoms. The van der Waals surface area contributed by atoms with E-state index in [2.05, 4.69) is 6.58 Å². The van der Waals surface area contributed by atoms with Gasteiger partial charge in [0.15, 0.2) is 0 Å². The van der Waals surface area contributed by atoms with E-state index < -0.39 is 0 Å². The minimum atomic E-state index is -0.302. The number of rotatable bonds is 6. The van der Waals surface area contributed by atoms with Crippen LogP contribution in [0, 0.1) is 5.82 Å². The average molecular weight is 238 g/mol. The van der Waals surface area contributed by atoms with E-state index in [9.17, 15) is 4.39 Å². The molecule has 0 aliphatic heterocycles. The third-order valence-corrected chi connectivity index (χ3v) is 2.54. The van der Waals surface area contributed by atoms with E-state index >= 15 is 0 Å².